The van der Waals surface area contributed by atoms with E-state index in [1.165, 1.54) is 14.2 Å². The van der Waals surface area contributed by atoms with Gasteiger partial charge in [0.15, 0.2) is 0 Å². The Labute approximate surface area is 371 Å². The highest BCUT2D eigenvalue weighted by Crippen LogP contribution is 2.30. The number of carbonyl (C=O) groups excluding carboxylic acids is 5. The second kappa shape index (κ2) is 25.0. The van der Waals surface area contributed by atoms with Crippen molar-refractivity contribution in [3.05, 3.63) is 35.9 Å². The van der Waals surface area contributed by atoms with E-state index >= 15 is 0 Å². The Hall–Kier alpha value is -3.64. The fourth-order valence-electron chi connectivity index (χ4n) is 8.80. The zero-order valence-electron chi connectivity index (χ0n) is 39.8. The van der Waals surface area contributed by atoms with Gasteiger partial charge in [-0.05, 0) is 57.1 Å². The lowest BCUT2D eigenvalue weighted by Crippen LogP contribution is -2.60. The molecule has 1 saturated heterocycles. The van der Waals surface area contributed by atoms with Crippen LogP contribution < -0.4 is 10.6 Å². The predicted octanol–water partition coefficient (Wildman–Crippen LogP) is 3.49. The van der Waals surface area contributed by atoms with Crippen LogP contribution in [0.25, 0.3) is 0 Å². The summed E-state index contributed by atoms with van der Waals surface area (Å²) in [6.45, 7) is 17.8. The molecule has 17 heteroatoms. The topological polar surface area (TPSA) is 195 Å². The second-order valence-electron chi connectivity index (χ2n) is 18.0. The maximum Gasteiger partial charge on any atom is 0.266 e. The first kappa shape index (κ1) is 54.5. The minimum absolute atomic E-state index is 0.00930. The quantitative estimate of drug-likeness (QED) is 0.122. The first-order valence-corrected chi connectivity index (χ1v) is 23.7. The molecule has 354 valence electrons. The van der Waals surface area contributed by atoms with Crippen LogP contribution in [0.1, 0.15) is 93.6 Å². The summed E-state index contributed by atoms with van der Waals surface area (Å²) < 4.78 is 43.7. The first-order chi connectivity index (χ1) is 28.9. The molecule has 9 atom stereocenters. The van der Waals surface area contributed by atoms with Crippen molar-refractivity contribution in [2.45, 2.75) is 143 Å². The van der Waals surface area contributed by atoms with E-state index < -0.39 is 76.0 Å². The van der Waals surface area contributed by atoms with Crippen LogP contribution in [0.15, 0.2) is 30.3 Å². The molecule has 5 amide bonds. The molecule has 1 aliphatic rings. The number of rotatable bonds is 25. The van der Waals surface area contributed by atoms with Gasteiger partial charge in [-0.25, -0.2) is 0 Å². The van der Waals surface area contributed by atoms with Crippen LogP contribution in [-0.2, 0) is 50.0 Å². The largest absolute Gasteiger partial charge is 0.379 e. The van der Waals surface area contributed by atoms with E-state index in [1.807, 2.05) is 73.4 Å². The van der Waals surface area contributed by atoms with Crippen molar-refractivity contribution in [3.8, 4) is 0 Å². The summed E-state index contributed by atoms with van der Waals surface area (Å²) in [6.07, 6.45) is 0.556. The highest BCUT2D eigenvalue weighted by Gasteiger charge is 2.44. The molecule has 2 rings (SSSR count). The van der Waals surface area contributed by atoms with E-state index in [2.05, 4.69) is 10.6 Å². The van der Waals surface area contributed by atoms with Crippen LogP contribution in [0, 0.1) is 23.7 Å². The number of benzene rings is 1. The molecule has 0 aromatic heterocycles. The molecule has 3 N–H and O–H groups in total. The number of ether oxygens (including phenoxy) is 2. The number of amides is 5. The van der Waals surface area contributed by atoms with Gasteiger partial charge in [0.2, 0.25) is 29.5 Å². The molecule has 0 bridgehead atoms. The zero-order chi connectivity index (χ0) is 47.2. The predicted molar refractivity (Wildman–Crippen MR) is 241 cm³/mol. The maximum absolute atomic E-state index is 14.6. The van der Waals surface area contributed by atoms with Gasteiger partial charge >= 0.3 is 0 Å². The molecule has 1 aliphatic heterocycles. The molecule has 1 fully saturated rings. The second-order valence-corrected chi connectivity index (χ2v) is 19.6. The molecule has 62 heavy (non-hydrogen) atoms. The molecule has 16 nitrogen and oxygen atoms in total. The molecule has 1 aromatic rings. The van der Waals surface area contributed by atoms with Crippen molar-refractivity contribution in [2.75, 3.05) is 54.2 Å². The van der Waals surface area contributed by atoms with E-state index in [0.29, 0.717) is 25.8 Å². The molecular formula is C45H78N6O10S. The van der Waals surface area contributed by atoms with Crippen molar-refractivity contribution in [2.24, 2.45) is 23.7 Å². The van der Waals surface area contributed by atoms with Crippen LogP contribution in [0.5, 0.6) is 0 Å². The standard InChI is InChI=1S/C45H78N6O10S/c1-15-31(8)40(50(12)45(56)39(29(4)5)49(11)44(55)38(28(2)3)48(10)30(6)7)36(60-13)27-37(52)51-24-19-22-35(51)41(61-14)32(9)42(53)47-34(26-33-20-17-16-18-21-33)43(54)46-23-25-62(57,58)59/h16-18,20-21,28-32,34-36,38-41H,15,19,22-27H2,1-14H3,(H,46,54)(H,47,53)(H,57,58,59)/t31-,32+,34-,35-,36+,38-,39-,40-,41+/m0/s1. The summed E-state index contributed by atoms with van der Waals surface area (Å²) in [4.78, 5) is 77.4. The van der Waals surface area contributed by atoms with Gasteiger partial charge in [-0.15, -0.1) is 0 Å². The Morgan fingerprint density at radius 2 is 1.44 bits per heavy atom. The van der Waals surface area contributed by atoms with Gasteiger partial charge in [-0.1, -0.05) is 85.2 Å². The van der Waals surface area contributed by atoms with E-state index in [-0.39, 0.29) is 60.9 Å². The summed E-state index contributed by atoms with van der Waals surface area (Å²) in [5.74, 6) is -3.47. The van der Waals surface area contributed by atoms with Gasteiger partial charge in [0.1, 0.15) is 12.1 Å². The lowest BCUT2D eigenvalue weighted by Gasteiger charge is -2.43. The number of likely N-dealkylation sites (tertiary alicyclic amines) is 1. The molecule has 0 unspecified atom stereocenters. The molecular weight excluding hydrogens is 817 g/mol. The number of hydrogen-bond acceptors (Lipinski definition) is 10. The lowest BCUT2D eigenvalue weighted by atomic mass is 9.89. The summed E-state index contributed by atoms with van der Waals surface area (Å²) in [5.41, 5.74) is 0.761. The van der Waals surface area contributed by atoms with E-state index in [4.69, 9.17) is 14.0 Å². The van der Waals surface area contributed by atoms with E-state index in [1.54, 1.807) is 60.0 Å². The minimum Gasteiger partial charge on any atom is -0.379 e. The van der Waals surface area contributed by atoms with Gasteiger partial charge < -0.3 is 34.8 Å². The molecule has 0 saturated carbocycles. The zero-order valence-corrected chi connectivity index (χ0v) is 40.6. The van der Waals surface area contributed by atoms with Crippen LogP contribution in [-0.4, -0.2) is 165 Å². The van der Waals surface area contributed by atoms with Crippen LogP contribution in [0.3, 0.4) is 0 Å². The van der Waals surface area contributed by atoms with Crippen molar-refractivity contribution in [1.82, 2.24) is 30.2 Å². The third-order valence-corrected chi connectivity index (χ3v) is 13.3. The van der Waals surface area contributed by atoms with Gasteiger partial charge in [-0.2, -0.15) is 8.42 Å². The molecule has 0 aliphatic carbocycles. The number of hydrogen-bond donors (Lipinski definition) is 3. The first-order valence-electron chi connectivity index (χ1n) is 22.1. The summed E-state index contributed by atoms with van der Waals surface area (Å²) in [5, 5.41) is 5.30. The monoisotopic (exact) mass is 895 g/mol. The highest BCUT2D eigenvalue weighted by atomic mass is 32.2. The summed E-state index contributed by atoms with van der Waals surface area (Å²) >= 11 is 0. The lowest BCUT2D eigenvalue weighted by molar-refractivity contribution is -0.154. The van der Waals surface area contributed by atoms with Crippen molar-refractivity contribution < 1.29 is 46.4 Å². The maximum atomic E-state index is 14.6. The summed E-state index contributed by atoms with van der Waals surface area (Å²) in [7, 11) is 4.05. The third kappa shape index (κ3) is 15.0. The third-order valence-electron chi connectivity index (χ3n) is 12.6. The Balaban J connectivity index is 2.35. The number of nitrogens with zero attached hydrogens (tertiary/aromatic N) is 4. The fourth-order valence-corrected chi connectivity index (χ4v) is 9.16. The van der Waals surface area contributed by atoms with Crippen LogP contribution in [0.4, 0.5) is 0 Å². The van der Waals surface area contributed by atoms with Crippen molar-refractivity contribution in [3.63, 3.8) is 0 Å². The van der Waals surface area contributed by atoms with E-state index in [0.717, 1.165) is 5.56 Å². The average Bonchev–Trinajstić information content (AvgIpc) is 3.69. The molecule has 0 radical (unpaired) electrons. The Morgan fingerprint density at radius 3 is 1.94 bits per heavy atom. The van der Waals surface area contributed by atoms with Crippen LogP contribution >= 0.6 is 0 Å². The summed E-state index contributed by atoms with van der Waals surface area (Å²) in [6, 6.07) is 5.90. The van der Waals surface area contributed by atoms with Crippen molar-refractivity contribution >= 4 is 39.7 Å². The van der Waals surface area contributed by atoms with E-state index in [9.17, 15) is 32.4 Å². The van der Waals surface area contributed by atoms with Gasteiger partial charge in [0, 0.05) is 53.9 Å². The average molecular weight is 895 g/mol. The smallest absolute Gasteiger partial charge is 0.266 e. The van der Waals surface area contributed by atoms with Crippen LogP contribution in [0.2, 0.25) is 0 Å². The Bertz CT molecular complexity index is 1710. The fraction of sp³-hybridized carbons (Fsp3) is 0.756. The SMILES string of the molecule is CC[C@H](C)[C@@H]([C@@H](CC(=O)N1CCC[C@H]1[C@H](OC)[C@@H](C)C(=O)N[C@@H](Cc1ccccc1)C(=O)NCCS(=O)(=O)O)OC)N(C)C(=O)[C@H](C(C)C)N(C)C(=O)[C@H](C(C)C)N(C)C(C)C. The van der Waals surface area contributed by atoms with Gasteiger partial charge in [-0.3, -0.25) is 33.4 Å². The molecule has 1 aromatic carbocycles. The number of methoxy groups -OCH3 is 2. The molecule has 1 heterocycles. The molecule has 0 spiro atoms. The number of nitrogens with one attached hydrogen (secondary N) is 2. The Morgan fingerprint density at radius 1 is 0.855 bits per heavy atom. The minimum atomic E-state index is -4.32. The number of likely N-dealkylation sites (N-methyl/N-ethyl adjacent to an activating group) is 3. The highest BCUT2D eigenvalue weighted by molar-refractivity contribution is 7.85. The Kier molecular flexibility index (Phi) is 22.0. The van der Waals surface area contributed by atoms with Gasteiger partial charge in [0.25, 0.3) is 10.1 Å². The van der Waals surface area contributed by atoms with Crippen molar-refractivity contribution in [1.29, 1.82) is 0 Å². The number of carbonyl (C=O) groups is 5. The van der Waals surface area contributed by atoms with Gasteiger partial charge in [0.05, 0.1) is 48.4 Å². The normalized spacial score (nSPS) is 18.5.